The van der Waals surface area contributed by atoms with Gasteiger partial charge < -0.3 is 20.2 Å². The van der Waals surface area contributed by atoms with E-state index in [1.165, 1.54) is 0 Å². The number of rotatable bonds is 0. The van der Waals surface area contributed by atoms with E-state index in [-0.39, 0.29) is 5.48 Å². The Bertz CT molecular complexity index is 187. The summed E-state index contributed by atoms with van der Waals surface area (Å²) >= 11 is 0. The first-order chi connectivity index (χ1) is 4.00. The Morgan fingerprint density at radius 1 is 1.00 bits per heavy atom. The van der Waals surface area contributed by atoms with Crippen molar-refractivity contribution in [3.63, 3.8) is 0 Å². The third kappa shape index (κ3) is 174000. The topological polar surface area (TPSA) is 184 Å². The SMILES string of the molecule is O.O=P(O)(O)O.O=S(=O)(O)O. The zero-order valence-corrected chi connectivity index (χ0v) is 6.53. The summed E-state index contributed by atoms with van der Waals surface area (Å²) in [5.74, 6) is 0. The number of hydrogen-bond acceptors (Lipinski definition) is 3. The van der Waals surface area contributed by atoms with Crippen LogP contribution < -0.4 is 0 Å². The maximum Gasteiger partial charge on any atom is 0.466 e. The monoisotopic (exact) mass is 214 g/mol. The van der Waals surface area contributed by atoms with Crippen molar-refractivity contribution in [3.05, 3.63) is 0 Å². The van der Waals surface area contributed by atoms with Gasteiger partial charge in [-0.15, -0.1) is 0 Å². The van der Waals surface area contributed by atoms with Crippen LogP contribution in [0.15, 0.2) is 0 Å². The van der Waals surface area contributed by atoms with Crippen LogP contribution in [0.2, 0.25) is 0 Å². The molecule has 0 saturated heterocycles. The normalized spacial score (nSPS) is 10.6. The molecule has 0 bridgehead atoms. The van der Waals surface area contributed by atoms with Crippen LogP contribution in [0.25, 0.3) is 0 Å². The van der Waals surface area contributed by atoms with Crippen molar-refractivity contribution in [2.24, 2.45) is 0 Å². The van der Waals surface area contributed by atoms with Gasteiger partial charge in [0.05, 0.1) is 0 Å². The van der Waals surface area contributed by atoms with Crippen LogP contribution in [0, 0.1) is 0 Å². The van der Waals surface area contributed by atoms with Crippen molar-refractivity contribution in [1.82, 2.24) is 0 Å². The number of phosphoric acid groups is 1. The van der Waals surface area contributed by atoms with Crippen molar-refractivity contribution in [1.29, 1.82) is 0 Å². The lowest BCUT2D eigenvalue weighted by atomic mass is 15.8. The lowest BCUT2D eigenvalue weighted by Gasteiger charge is -1.82. The summed E-state index contributed by atoms with van der Waals surface area (Å²) in [7, 11) is -9.31. The van der Waals surface area contributed by atoms with E-state index in [0.29, 0.717) is 0 Å². The molecule has 11 heavy (non-hydrogen) atoms. The Morgan fingerprint density at radius 3 is 1.00 bits per heavy atom. The van der Waals surface area contributed by atoms with Gasteiger partial charge in [-0.2, -0.15) is 8.42 Å². The average Bonchev–Trinajstić information content (AvgIpc) is 1.12. The lowest BCUT2D eigenvalue weighted by molar-refractivity contribution is 0.275. The second-order valence-electron chi connectivity index (χ2n) is 0.961. The highest BCUT2D eigenvalue weighted by Crippen LogP contribution is 2.25. The molecular formula is H7O9PS. The highest BCUT2D eigenvalue weighted by Gasteiger charge is 2.00. The molecular weight excluding hydrogens is 207 g/mol. The molecule has 11 heteroatoms. The van der Waals surface area contributed by atoms with Gasteiger partial charge in [-0.3, -0.25) is 9.11 Å². The molecule has 0 atom stereocenters. The molecule has 0 aliphatic heterocycles. The summed E-state index contributed by atoms with van der Waals surface area (Å²) in [4.78, 5) is 21.6. The van der Waals surface area contributed by atoms with Gasteiger partial charge in [0.1, 0.15) is 0 Å². The third-order valence-corrected chi connectivity index (χ3v) is 0. The molecule has 0 fully saturated rings. The van der Waals surface area contributed by atoms with Gasteiger partial charge in [-0.1, -0.05) is 0 Å². The quantitative estimate of drug-likeness (QED) is 0.218. The Morgan fingerprint density at radius 2 is 1.00 bits per heavy atom. The minimum absolute atomic E-state index is 0. The van der Waals surface area contributed by atoms with E-state index in [9.17, 15) is 0 Å². The first kappa shape index (κ1) is 17.1. The zero-order valence-electron chi connectivity index (χ0n) is 4.82. The van der Waals surface area contributed by atoms with Gasteiger partial charge in [-0.05, 0) is 0 Å². The Kier molecular flexibility index (Phi) is 8.69. The smallest absolute Gasteiger partial charge is 0.412 e. The fourth-order valence-electron chi connectivity index (χ4n) is 0. The first-order valence-electron chi connectivity index (χ1n) is 1.48. The van der Waals surface area contributed by atoms with Crippen molar-refractivity contribution < 1.29 is 42.2 Å². The molecule has 0 saturated carbocycles. The highest BCUT2D eigenvalue weighted by molar-refractivity contribution is 7.79. The summed E-state index contributed by atoms with van der Waals surface area (Å²) in [5.41, 5.74) is 0. The fourth-order valence-corrected chi connectivity index (χ4v) is 0. The predicted octanol–water partition coefficient (Wildman–Crippen LogP) is -2.41. The molecule has 0 aromatic heterocycles. The second-order valence-corrected chi connectivity index (χ2v) is 2.88. The molecule has 0 aromatic carbocycles. The van der Waals surface area contributed by atoms with Crippen LogP contribution in [-0.4, -0.2) is 37.7 Å². The average molecular weight is 214 g/mol. The van der Waals surface area contributed by atoms with Gasteiger partial charge in [0.25, 0.3) is 0 Å². The van der Waals surface area contributed by atoms with E-state index in [1.54, 1.807) is 0 Å². The van der Waals surface area contributed by atoms with Crippen molar-refractivity contribution in [3.8, 4) is 0 Å². The molecule has 0 aliphatic rings. The molecule has 0 spiro atoms. The minimum Gasteiger partial charge on any atom is -0.412 e. The molecule has 0 radical (unpaired) electrons. The maximum atomic E-state index is 8.88. The zero-order chi connectivity index (χ0) is 9.00. The van der Waals surface area contributed by atoms with Crippen LogP contribution in [0.3, 0.4) is 0 Å². The Balaban J connectivity index is -0.000000107. The summed E-state index contributed by atoms with van der Waals surface area (Å²) in [6.45, 7) is 0. The molecule has 0 heterocycles. The van der Waals surface area contributed by atoms with Crippen LogP contribution in [0.4, 0.5) is 0 Å². The van der Waals surface area contributed by atoms with Gasteiger partial charge in [-0.25, -0.2) is 4.57 Å². The van der Waals surface area contributed by atoms with Gasteiger partial charge in [0.15, 0.2) is 0 Å². The maximum absolute atomic E-state index is 8.88. The lowest BCUT2D eigenvalue weighted by Crippen LogP contribution is -1.89. The molecule has 0 aliphatic carbocycles. The van der Waals surface area contributed by atoms with Crippen LogP contribution in [0.1, 0.15) is 0 Å². The standard InChI is InChI=1S/H3O4P.H2O4S.H2O/c2*1-5(2,3)4;/h(H3,1,2,3,4);(H2,1,2,3,4);1H2. The largest absolute Gasteiger partial charge is 0.466 e. The van der Waals surface area contributed by atoms with Crippen molar-refractivity contribution >= 4 is 18.2 Å². The van der Waals surface area contributed by atoms with Crippen molar-refractivity contribution in [2.75, 3.05) is 0 Å². The van der Waals surface area contributed by atoms with E-state index < -0.39 is 18.2 Å². The van der Waals surface area contributed by atoms with E-state index >= 15 is 0 Å². The van der Waals surface area contributed by atoms with E-state index in [4.69, 9.17) is 36.8 Å². The summed E-state index contributed by atoms with van der Waals surface area (Å²) < 4.78 is 40.5. The van der Waals surface area contributed by atoms with Crippen LogP contribution in [-0.2, 0) is 15.0 Å². The fraction of sp³-hybridized carbons (Fsp3) is 0. The molecule has 7 N–H and O–H groups in total. The van der Waals surface area contributed by atoms with Gasteiger partial charge in [0.2, 0.25) is 0 Å². The minimum atomic E-state index is -4.67. The molecule has 72 valence electrons. The predicted molar refractivity (Wildman–Crippen MR) is 32.1 cm³/mol. The Labute approximate surface area is 61.4 Å². The van der Waals surface area contributed by atoms with E-state index in [2.05, 4.69) is 0 Å². The molecule has 0 amide bonds. The van der Waals surface area contributed by atoms with Crippen molar-refractivity contribution in [2.45, 2.75) is 0 Å². The molecule has 0 aromatic rings. The van der Waals surface area contributed by atoms with Crippen LogP contribution in [0.5, 0.6) is 0 Å². The Hall–Kier alpha value is -0.0600. The highest BCUT2D eigenvalue weighted by atomic mass is 32.3. The summed E-state index contributed by atoms with van der Waals surface area (Å²) in [5, 5.41) is 0. The van der Waals surface area contributed by atoms with Gasteiger partial charge in [0, 0.05) is 0 Å². The summed E-state index contributed by atoms with van der Waals surface area (Å²) in [6.07, 6.45) is 0. The molecule has 0 rings (SSSR count). The van der Waals surface area contributed by atoms with Gasteiger partial charge >= 0.3 is 18.2 Å². The first-order valence-corrected chi connectivity index (χ1v) is 4.44. The third-order valence-electron chi connectivity index (χ3n) is 0. The van der Waals surface area contributed by atoms with Crippen LogP contribution >= 0.6 is 7.82 Å². The second kappa shape index (κ2) is 5.57. The number of hydrogen-bond donors (Lipinski definition) is 5. The molecule has 9 nitrogen and oxygen atoms in total. The molecule has 0 unspecified atom stereocenters. The van der Waals surface area contributed by atoms with E-state index in [0.717, 1.165) is 0 Å². The van der Waals surface area contributed by atoms with E-state index in [1.807, 2.05) is 0 Å². The summed E-state index contributed by atoms with van der Waals surface area (Å²) in [6, 6.07) is 0.